The number of hydrogen-bond donors (Lipinski definition) is 2. The number of hydrogen-bond acceptors (Lipinski definition) is 2. The van der Waals surface area contributed by atoms with Gasteiger partial charge in [-0.05, 0) is 25.7 Å². The Morgan fingerprint density at radius 3 is 2.83 bits per heavy atom. The van der Waals surface area contributed by atoms with Crippen molar-refractivity contribution in [3.63, 3.8) is 0 Å². The molecule has 1 aliphatic rings. The molecule has 70 valence electrons. The van der Waals surface area contributed by atoms with Crippen LogP contribution in [0.1, 0.15) is 25.7 Å². The molecule has 0 amide bonds. The van der Waals surface area contributed by atoms with Crippen molar-refractivity contribution in [1.29, 1.82) is 0 Å². The molecular weight excluding hydrogens is 178 g/mol. The molecule has 12 heavy (non-hydrogen) atoms. The minimum absolute atomic E-state index is 0. The van der Waals surface area contributed by atoms with Crippen molar-refractivity contribution in [2.45, 2.75) is 31.7 Å². The third kappa shape index (κ3) is 3.24. The topological polar surface area (TPSA) is 63.3 Å². The first-order valence-electron chi connectivity index (χ1n) is 3.86. The molecule has 1 aliphatic carbocycles. The van der Waals surface area contributed by atoms with Crippen LogP contribution in [0, 0.1) is 0 Å². The van der Waals surface area contributed by atoms with E-state index in [-0.39, 0.29) is 12.4 Å². The van der Waals surface area contributed by atoms with Crippen LogP contribution in [0.15, 0.2) is 11.6 Å². The average molecular weight is 192 g/mol. The predicted octanol–water partition coefficient (Wildman–Crippen LogP) is 1.32. The third-order valence-corrected chi connectivity index (χ3v) is 1.93. The first-order valence-corrected chi connectivity index (χ1v) is 3.86. The minimum Gasteiger partial charge on any atom is -0.480 e. The Bertz CT molecular complexity index is 191. The third-order valence-electron chi connectivity index (χ3n) is 1.93. The van der Waals surface area contributed by atoms with Gasteiger partial charge in [-0.3, -0.25) is 4.79 Å². The molecule has 4 heteroatoms. The molecule has 0 radical (unpaired) electrons. The highest BCUT2D eigenvalue weighted by Crippen LogP contribution is 2.21. The second kappa shape index (κ2) is 5.17. The summed E-state index contributed by atoms with van der Waals surface area (Å²) in [5.74, 6) is -0.905. The summed E-state index contributed by atoms with van der Waals surface area (Å²) in [4.78, 5) is 10.3. The quantitative estimate of drug-likeness (QED) is 0.662. The lowest BCUT2D eigenvalue weighted by Gasteiger charge is -2.05. The van der Waals surface area contributed by atoms with E-state index in [1.807, 2.05) is 0 Å². The molecule has 0 aliphatic heterocycles. The molecule has 0 aromatic rings. The molecule has 3 nitrogen and oxygen atoms in total. The van der Waals surface area contributed by atoms with E-state index in [0.29, 0.717) is 6.42 Å². The van der Waals surface area contributed by atoms with E-state index in [2.05, 4.69) is 6.08 Å². The molecule has 0 aromatic carbocycles. The molecule has 0 fully saturated rings. The van der Waals surface area contributed by atoms with Crippen molar-refractivity contribution >= 4 is 18.4 Å². The maximum absolute atomic E-state index is 10.3. The van der Waals surface area contributed by atoms with E-state index in [4.69, 9.17) is 10.8 Å². The van der Waals surface area contributed by atoms with Crippen molar-refractivity contribution < 1.29 is 9.90 Å². The predicted molar refractivity (Wildman–Crippen MR) is 49.4 cm³/mol. The highest BCUT2D eigenvalue weighted by molar-refractivity contribution is 5.85. The summed E-state index contributed by atoms with van der Waals surface area (Å²) in [6.45, 7) is 0. The lowest BCUT2D eigenvalue weighted by Crippen LogP contribution is -2.30. The number of nitrogens with two attached hydrogens (primary N) is 1. The Labute approximate surface area is 78.0 Å². The van der Waals surface area contributed by atoms with E-state index in [0.717, 1.165) is 19.3 Å². The van der Waals surface area contributed by atoms with Gasteiger partial charge in [0.15, 0.2) is 0 Å². The summed E-state index contributed by atoms with van der Waals surface area (Å²) in [6, 6.07) is -0.709. The molecule has 1 atom stereocenters. The Morgan fingerprint density at radius 1 is 1.75 bits per heavy atom. The zero-order chi connectivity index (χ0) is 8.27. The van der Waals surface area contributed by atoms with Crippen LogP contribution < -0.4 is 5.73 Å². The lowest BCUT2D eigenvalue weighted by atomic mass is 10.1. The molecule has 0 saturated carbocycles. The zero-order valence-electron chi connectivity index (χ0n) is 6.82. The number of rotatable bonds is 3. The van der Waals surface area contributed by atoms with Gasteiger partial charge in [-0.2, -0.15) is 0 Å². The molecule has 0 heterocycles. The summed E-state index contributed by atoms with van der Waals surface area (Å²) >= 11 is 0. The van der Waals surface area contributed by atoms with Gasteiger partial charge in [0.25, 0.3) is 0 Å². The van der Waals surface area contributed by atoms with Crippen LogP contribution in [0.2, 0.25) is 0 Å². The molecule has 3 N–H and O–H groups in total. The Balaban J connectivity index is 0.00000121. The normalized spacial score (nSPS) is 17.9. The SMILES string of the molecule is Cl.N[C@@H](CC1=CCCC1)C(=O)O. The fourth-order valence-corrected chi connectivity index (χ4v) is 1.29. The maximum Gasteiger partial charge on any atom is 0.320 e. The first kappa shape index (κ1) is 11.5. The first-order chi connectivity index (χ1) is 5.20. The van der Waals surface area contributed by atoms with Gasteiger partial charge >= 0.3 is 5.97 Å². The van der Waals surface area contributed by atoms with Gasteiger partial charge in [0.1, 0.15) is 6.04 Å². The van der Waals surface area contributed by atoms with Crippen molar-refractivity contribution in [3.05, 3.63) is 11.6 Å². The largest absolute Gasteiger partial charge is 0.480 e. The van der Waals surface area contributed by atoms with Crippen LogP contribution in [0.5, 0.6) is 0 Å². The molecule has 0 spiro atoms. The monoisotopic (exact) mass is 191 g/mol. The Morgan fingerprint density at radius 2 is 2.42 bits per heavy atom. The zero-order valence-corrected chi connectivity index (χ0v) is 7.64. The number of carbonyl (C=O) groups is 1. The van der Waals surface area contributed by atoms with Crippen molar-refractivity contribution in [1.82, 2.24) is 0 Å². The number of allylic oxidation sites excluding steroid dienone is 1. The lowest BCUT2D eigenvalue weighted by molar-refractivity contribution is -0.138. The van der Waals surface area contributed by atoms with Crippen molar-refractivity contribution in [2.24, 2.45) is 5.73 Å². The second-order valence-corrected chi connectivity index (χ2v) is 2.90. The smallest absolute Gasteiger partial charge is 0.320 e. The second-order valence-electron chi connectivity index (χ2n) is 2.90. The summed E-state index contributed by atoms with van der Waals surface area (Å²) < 4.78 is 0. The molecule has 0 bridgehead atoms. The minimum atomic E-state index is -0.905. The van der Waals surface area contributed by atoms with Crippen LogP contribution in [0.25, 0.3) is 0 Å². The highest BCUT2D eigenvalue weighted by Gasteiger charge is 2.14. The summed E-state index contributed by atoms with van der Waals surface area (Å²) in [5, 5.41) is 8.49. The van der Waals surface area contributed by atoms with Gasteiger partial charge < -0.3 is 10.8 Å². The van der Waals surface area contributed by atoms with Gasteiger partial charge in [-0.15, -0.1) is 12.4 Å². The molecular formula is C8H14ClNO2. The molecule has 1 rings (SSSR count). The van der Waals surface area contributed by atoms with E-state index < -0.39 is 12.0 Å². The fraction of sp³-hybridized carbons (Fsp3) is 0.625. The number of halogens is 1. The van der Waals surface area contributed by atoms with Crippen LogP contribution in [-0.2, 0) is 4.79 Å². The highest BCUT2D eigenvalue weighted by atomic mass is 35.5. The van der Waals surface area contributed by atoms with Crippen LogP contribution in [0.4, 0.5) is 0 Å². The number of carboxylic acid groups (broad SMARTS) is 1. The fourth-order valence-electron chi connectivity index (χ4n) is 1.29. The molecule has 0 unspecified atom stereocenters. The summed E-state index contributed by atoms with van der Waals surface area (Å²) in [7, 11) is 0. The van der Waals surface area contributed by atoms with Gasteiger partial charge in [0.05, 0.1) is 0 Å². The van der Waals surface area contributed by atoms with Gasteiger partial charge in [0, 0.05) is 0 Å². The van der Waals surface area contributed by atoms with Crippen LogP contribution in [0.3, 0.4) is 0 Å². The average Bonchev–Trinajstić information content (AvgIpc) is 2.39. The van der Waals surface area contributed by atoms with E-state index in [9.17, 15) is 4.79 Å². The summed E-state index contributed by atoms with van der Waals surface area (Å²) in [5.41, 5.74) is 6.56. The van der Waals surface area contributed by atoms with Crippen LogP contribution in [-0.4, -0.2) is 17.1 Å². The van der Waals surface area contributed by atoms with E-state index in [1.54, 1.807) is 0 Å². The van der Waals surface area contributed by atoms with Gasteiger partial charge in [0.2, 0.25) is 0 Å². The van der Waals surface area contributed by atoms with Crippen molar-refractivity contribution in [2.75, 3.05) is 0 Å². The van der Waals surface area contributed by atoms with Gasteiger partial charge in [-0.25, -0.2) is 0 Å². The van der Waals surface area contributed by atoms with E-state index in [1.165, 1.54) is 5.57 Å². The van der Waals surface area contributed by atoms with E-state index >= 15 is 0 Å². The van der Waals surface area contributed by atoms with Gasteiger partial charge in [-0.1, -0.05) is 11.6 Å². The summed E-state index contributed by atoms with van der Waals surface area (Å²) in [6.07, 6.45) is 5.89. The Hall–Kier alpha value is -0.540. The number of carboxylic acids is 1. The Kier molecular flexibility index (Phi) is 4.93. The molecule has 0 saturated heterocycles. The van der Waals surface area contributed by atoms with Crippen molar-refractivity contribution in [3.8, 4) is 0 Å². The standard InChI is InChI=1S/C8H13NO2.ClH/c9-7(8(10)11)5-6-3-1-2-4-6;/h3,7H,1-2,4-5,9H2,(H,10,11);1H/t7-;/m0./s1. The number of aliphatic carboxylic acids is 1. The molecule has 0 aromatic heterocycles. The maximum atomic E-state index is 10.3. The van der Waals surface area contributed by atoms with Crippen LogP contribution >= 0.6 is 12.4 Å².